The van der Waals surface area contributed by atoms with Crippen molar-refractivity contribution in [1.82, 2.24) is 9.29 Å². The highest BCUT2D eigenvalue weighted by molar-refractivity contribution is 7.90. The summed E-state index contributed by atoms with van der Waals surface area (Å²) in [6, 6.07) is 16.0. The van der Waals surface area contributed by atoms with Crippen molar-refractivity contribution in [3.8, 4) is 5.75 Å². The molecule has 0 aliphatic carbocycles. The lowest BCUT2D eigenvalue weighted by atomic mass is 10.0. The highest BCUT2D eigenvalue weighted by Crippen LogP contribution is 2.30. The van der Waals surface area contributed by atoms with E-state index in [0.717, 1.165) is 10.9 Å². The molecule has 0 saturated carbocycles. The maximum absolute atomic E-state index is 12.8. The van der Waals surface area contributed by atoms with Crippen molar-refractivity contribution in [2.45, 2.75) is 25.0 Å². The number of nitrogens with one attached hydrogen (secondary N) is 2. The number of fused-ring (bicyclic) bond motifs is 1. The molecule has 192 valence electrons. The minimum atomic E-state index is -4.07. The number of anilines is 1. The normalized spacial score (nSPS) is 11.3. The largest absolute Gasteiger partial charge is 0.496 e. The Kier molecular flexibility index (Phi) is 7.18. The van der Waals surface area contributed by atoms with Gasteiger partial charge in [-0.3, -0.25) is 10.1 Å². The van der Waals surface area contributed by atoms with Gasteiger partial charge in [0.1, 0.15) is 12.5 Å². The third-order valence-corrected chi connectivity index (χ3v) is 7.40. The summed E-state index contributed by atoms with van der Waals surface area (Å²) in [7, 11) is -2.63. The molecule has 1 aromatic heterocycles. The lowest BCUT2D eigenvalue weighted by molar-refractivity contribution is 0.0981. The summed E-state index contributed by atoms with van der Waals surface area (Å²) in [6.07, 6.45) is 0.902. The molecule has 4 rings (SSSR count). The van der Waals surface area contributed by atoms with E-state index < -0.39 is 22.0 Å². The predicted octanol–water partition coefficient (Wildman–Crippen LogP) is 3.71. The molecule has 0 radical (unpaired) electrons. The number of carbonyl (C=O) groups is 2. The summed E-state index contributed by atoms with van der Waals surface area (Å²) in [6.45, 7) is 1.37. The Labute approximate surface area is 213 Å². The van der Waals surface area contributed by atoms with E-state index in [4.69, 9.17) is 9.84 Å². The van der Waals surface area contributed by atoms with Crippen LogP contribution in [0, 0.1) is 6.92 Å². The number of rotatable bonds is 8. The van der Waals surface area contributed by atoms with Crippen LogP contribution in [0.15, 0.2) is 71.8 Å². The summed E-state index contributed by atoms with van der Waals surface area (Å²) in [4.78, 5) is 23.9. The number of ether oxygens (including phenoxy) is 1. The Morgan fingerprint density at radius 3 is 2.46 bits per heavy atom. The van der Waals surface area contributed by atoms with Crippen LogP contribution < -0.4 is 14.8 Å². The Bertz CT molecular complexity index is 1610. The molecule has 0 aliphatic heterocycles. The first-order valence-electron chi connectivity index (χ1n) is 11.1. The maximum Gasteiger partial charge on any atom is 0.409 e. The van der Waals surface area contributed by atoms with E-state index in [1.54, 1.807) is 60.2 Å². The summed E-state index contributed by atoms with van der Waals surface area (Å²) < 4.78 is 34.7. The Morgan fingerprint density at radius 1 is 1.03 bits per heavy atom. The first-order chi connectivity index (χ1) is 17.6. The van der Waals surface area contributed by atoms with Gasteiger partial charge in [0.05, 0.1) is 17.5 Å². The number of sulfonamides is 1. The SMILES string of the molecule is COc1cc(C(=O)NS(=O)(=O)c2ccccc2C)ccc1Cc1cn(CO)c2ccc(NC(=O)O)cc12. The molecule has 4 aromatic rings. The summed E-state index contributed by atoms with van der Waals surface area (Å²) in [5.74, 6) is -0.431. The van der Waals surface area contributed by atoms with Crippen molar-refractivity contribution in [1.29, 1.82) is 0 Å². The van der Waals surface area contributed by atoms with E-state index in [0.29, 0.717) is 34.5 Å². The number of aromatic nitrogens is 1. The summed E-state index contributed by atoms with van der Waals surface area (Å²) in [5, 5.41) is 21.8. The fourth-order valence-corrected chi connectivity index (χ4v) is 5.38. The topological polar surface area (TPSA) is 147 Å². The quantitative estimate of drug-likeness (QED) is 0.275. The minimum absolute atomic E-state index is 0.0176. The zero-order valence-electron chi connectivity index (χ0n) is 20.1. The van der Waals surface area contributed by atoms with Crippen LogP contribution >= 0.6 is 0 Å². The van der Waals surface area contributed by atoms with Gasteiger partial charge in [-0.15, -0.1) is 0 Å². The molecule has 37 heavy (non-hydrogen) atoms. The minimum Gasteiger partial charge on any atom is -0.496 e. The number of carbonyl (C=O) groups excluding carboxylic acids is 1. The van der Waals surface area contributed by atoms with Crippen LogP contribution in [0.25, 0.3) is 10.9 Å². The number of benzene rings is 3. The number of aliphatic hydroxyl groups is 1. The van der Waals surface area contributed by atoms with Gasteiger partial charge in [0.15, 0.2) is 0 Å². The van der Waals surface area contributed by atoms with Crippen molar-refractivity contribution in [3.63, 3.8) is 0 Å². The van der Waals surface area contributed by atoms with Gasteiger partial charge in [0, 0.05) is 29.3 Å². The molecule has 0 saturated heterocycles. The summed E-state index contributed by atoms with van der Waals surface area (Å²) >= 11 is 0. The summed E-state index contributed by atoms with van der Waals surface area (Å²) in [5.41, 5.74) is 3.20. The van der Waals surface area contributed by atoms with Crippen LogP contribution in [0.3, 0.4) is 0 Å². The van der Waals surface area contributed by atoms with Crippen molar-refractivity contribution in [2.24, 2.45) is 0 Å². The van der Waals surface area contributed by atoms with Crippen molar-refractivity contribution in [2.75, 3.05) is 12.4 Å². The zero-order chi connectivity index (χ0) is 26.7. The van der Waals surface area contributed by atoms with Crippen LogP contribution in [0.1, 0.15) is 27.0 Å². The van der Waals surface area contributed by atoms with E-state index in [1.807, 2.05) is 0 Å². The number of nitrogens with zero attached hydrogens (tertiary/aromatic N) is 1. The monoisotopic (exact) mass is 523 g/mol. The molecule has 11 heteroatoms. The number of carboxylic acid groups (broad SMARTS) is 1. The van der Waals surface area contributed by atoms with Gasteiger partial charge >= 0.3 is 6.09 Å². The number of amides is 2. The van der Waals surface area contributed by atoms with Crippen LogP contribution in [-0.4, -0.2) is 42.3 Å². The number of methoxy groups -OCH3 is 1. The Balaban J connectivity index is 1.63. The molecular formula is C26H25N3O7S. The fourth-order valence-electron chi connectivity index (χ4n) is 4.16. The van der Waals surface area contributed by atoms with E-state index >= 15 is 0 Å². The molecule has 1 heterocycles. The van der Waals surface area contributed by atoms with Gasteiger partial charge in [-0.2, -0.15) is 0 Å². The van der Waals surface area contributed by atoms with Crippen LogP contribution in [-0.2, 0) is 23.2 Å². The lowest BCUT2D eigenvalue weighted by Crippen LogP contribution is -2.31. The van der Waals surface area contributed by atoms with Crippen LogP contribution in [0.5, 0.6) is 5.75 Å². The van der Waals surface area contributed by atoms with Crippen molar-refractivity contribution < 1.29 is 33.0 Å². The zero-order valence-corrected chi connectivity index (χ0v) is 20.9. The molecule has 3 aromatic carbocycles. The van der Waals surface area contributed by atoms with Gasteiger partial charge in [0.25, 0.3) is 15.9 Å². The second kappa shape index (κ2) is 10.3. The molecule has 0 spiro atoms. The highest BCUT2D eigenvalue weighted by atomic mass is 32.2. The van der Waals surface area contributed by atoms with Crippen LogP contribution in [0.2, 0.25) is 0 Å². The van der Waals surface area contributed by atoms with Gasteiger partial charge in [-0.05, 0) is 60.0 Å². The smallest absolute Gasteiger partial charge is 0.409 e. The second-order valence-electron chi connectivity index (χ2n) is 8.33. The number of hydrogen-bond donors (Lipinski definition) is 4. The molecule has 0 bridgehead atoms. The van der Waals surface area contributed by atoms with E-state index in [1.165, 1.54) is 25.3 Å². The molecule has 0 unspecified atom stereocenters. The second-order valence-corrected chi connectivity index (χ2v) is 9.98. The maximum atomic E-state index is 12.8. The number of aryl methyl sites for hydroxylation is 1. The lowest BCUT2D eigenvalue weighted by Gasteiger charge is -2.12. The Morgan fingerprint density at radius 2 is 1.78 bits per heavy atom. The molecule has 2 amide bonds. The average Bonchev–Trinajstić information content (AvgIpc) is 3.20. The van der Waals surface area contributed by atoms with Crippen LogP contribution in [0.4, 0.5) is 10.5 Å². The van der Waals surface area contributed by atoms with Crippen molar-refractivity contribution >= 4 is 38.6 Å². The molecular weight excluding hydrogens is 498 g/mol. The van der Waals surface area contributed by atoms with E-state index in [2.05, 4.69) is 10.0 Å². The molecule has 0 atom stereocenters. The standard InChI is InChI=1S/C26H25N3O7S/c1-16-5-3-4-6-24(16)37(34,35)28-25(31)18-8-7-17(23(12-18)36-2)11-19-14-29(15-30)22-10-9-20(13-21(19)22)27-26(32)33/h3-10,12-14,27,30H,11,15H2,1-2H3,(H,28,31)(H,32,33). The molecule has 4 N–H and O–H groups in total. The molecule has 0 aliphatic rings. The van der Waals surface area contributed by atoms with Crippen molar-refractivity contribution in [3.05, 3.63) is 89.1 Å². The van der Waals surface area contributed by atoms with Gasteiger partial charge in [0.2, 0.25) is 0 Å². The first kappa shape index (κ1) is 25.7. The fraction of sp³-hybridized carbons (Fsp3) is 0.154. The Hall–Kier alpha value is -4.35. The third-order valence-electron chi connectivity index (χ3n) is 5.91. The third kappa shape index (κ3) is 5.42. The number of aliphatic hydroxyl groups excluding tert-OH is 1. The molecule has 0 fully saturated rings. The first-order valence-corrected chi connectivity index (χ1v) is 12.6. The highest BCUT2D eigenvalue weighted by Gasteiger charge is 2.21. The van der Waals surface area contributed by atoms with E-state index in [-0.39, 0.29) is 17.2 Å². The number of hydrogen-bond acceptors (Lipinski definition) is 6. The van der Waals surface area contributed by atoms with Gasteiger partial charge in [-0.25, -0.2) is 17.9 Å². The van der Waals surface area contributed by atoms with Gasteiger partial charge < -0.3 is 19.5 Å². The van der Waals surface area contributed by atoms with Gasteiger partial charge in [-0.1, -0.05) is 24.3 Å². The average molecular weight is 524 g/mol. The predicted molar refractivity (Wildman–Crippen MR) is 137 cm³/mol. The molecule has 10 nitrogen and oxygen atoms in total. The van der Waals surface area contributed by atoms with E-state index in [9.17, 15) is 23.1 Å².